The van der Waals surface area contributed by atoms with Crippen molar-refractivity contribution in [3.8, 4) is 0 Å². The summed E-state index contributed by atoms with van der Waals surface area (Å²) >= 11 is 0. The summed E-state index contributed by atoms with van der Waals surface area (Å²) in [5.74, 6) is 5.09. The maximum absolute atomic E-state index is 11.4. The Labute approximate surface area is 87.0 Å². The first-order valence-corrected chi connectivity index (χ1v) is 4.58. The van der Waals surface area contributed by atoms with Gasteiger partial charge in [-0.2, -0.15) is 5.10 Å². The minimum atomic E-state index is -0.0251. The lowest BCUT2D eigenvalue weighted by Crippen LogP contribution is -2.02. The summed E-state index contributed by atoms with van der Waals surface area (Å²) in [6, 6.07) is 7.64. The molecule has 1 heterocycles. The molecule has 0 spiro atoms. The average Bonchev–Trinajstić information content (AvgIpc) is 2.59. The summed E-state index contributed by atoms with van der Waals surface area (Å²) in [5, 5.41) is 4.45. The molecule has 1 aromatic carbocycles. The first-order valence-electron chi connectivity index (χ1n) is 4.58. The molecule has 15 heavy (non-hydrogen) atoms. The van der Waals surface area contributed by atoms with Crippen molar-refractivity contribution in [1.29, 1.82) is 0 Å². The number of hydrazone groups is 1. The van der Waals surface area contributed by atoms with Gasteiger partial charge in [-0.3, -0.25) is 9.36 Å². The van der Waals surface area contributed by atoms with Gasteiger partial charge in [-0.1, -0.05) is 18.2 Å². The Hall–Kier alpha value is -2.10. The molecular formula is C11H11N3O. The van der Waals surface area contributed by atoms with Gasteiger partial charge in [-0.05, 0) is 6.07 Å². The molecule has 76 valence electrons. The van der Waals surface area contributed by atoms with Crippen LogP contribution in [0.15, 0.2) is 35.6 Å². The van der Waals surface area contributed by atoms with Gasteiger partial charge < -0.3 is 5.84 Å². The lowest BCUT2D eigenvalue weighted by atomic mass is 10.2. The Kier molecular flexibility index (Phi) is 2.25. The third-order valence-electron chi connectivity index (χ3n) is 2.30. The molecule has 0 saturated carbocycles. The van der Waals surface area contributed by atoms with Crippen LogP contribution in [0.5, 0.6) is 0 Å². The van der Waals surface area contributed by atoms with Crippen LogP contribution in [0.3, 0.4) is 0 Å². The molecular weight excluding hydrogens is 190 g/mol. The first-order chi connectivity index (χ1) is 7.24. The molecule has 0 radical (unpaired) electrons. The average molecular weight is 201 g/mol. The summed E-state index contributed by atoms with van der Waals surface area (Å²) in [7, 11) is 0. The second-order valence-corrected chi connectivity index (χ2v) is 3.27. The Balaban J connectivity index is 2.79. The highest BCUT2D eigenvalue weighted by Crippen LogP contribution is 2.19. The van der Waals surface area contributed by atoms with Crippen LogP contribution in [-0.2, 0) is 0 Å². The summed E-state index contributed by atoms with van der Waals surface area (Å²) in [6.45, 7) is 1.52. The quantitative estimate of drug-likeness (QED) is 0.432. The number of hydrogen-bond acceptors (Lipinski definition) is 3. The van der Waals surface area contributed by atoms with Gasteiger partial charge in [0.15, 0.2) is 0 Å². The molecule has 4 heteroatoms. The molecule has 0 bridgehead atoms. The van der Waals surface area contributed by atoms with E-state index in [2.05, 4.69) is 5.10 Å². The van der Waals surface area contributed by atoms with E-state index in [9.17, 15) is 4.79 Å². The molecule has 2 N–H and O–H groups in total. The van der Waals surface area contributed by atoms with Crippen molar-refractivity contribution < 1.29 is 4.79 Å². The number of nitrogens with two attached hydrogens (primary N) is 1. The molecule has 0 aliphatic heterocycles. The van der Waals surface area contributed by atoms with E-state index in [4.69, 9.17) is 5.84 Å². The van der Waals surface area contributed by atoms with E-state index in [1.165, 1.54) is 6.92 Å². The summed E-state index contributed by atoms with van der Waals surface area (Å²) in [4.78, 5) is 11.4. The van der Waals surface area contributed by atoms with E-state index >= 15 is 0 Å². The summed E-state index contributed by atoms with van der Waals surface area (Å²) in [6.07, 6.45) is 3.28. The van der Waals surface area contributed by atoms with Gasteiger partial charge in [-0.25, -0.2) is 0 Å². The normalized spacial score (nSPS) is 11.3. The van der Waals surface area contributed by atoms with Crippen molar-refractivity contribution in [2.75, 3.05) is 0 Å². The minimum absolute atomic E-state index is 0.0251. The molecule has 4 nitrogen and oxygen atoms in total. The van der Waals surface area contributed by atoms with Crippen LogP contribution in [0.2, 0.25) is 0 Å². The highest BCUT2D eigenvalue weighted by Gasteiger charge is 2.08. The van der Waals surface area contributed by atoms with E-state index in [0.29, 0.717) is 0 Å². The number of fused-ring (bicyclic) bond motifs is 1. The predicted molar refractivity (Wildman–Crippen MR) is 60.0 cm³/mol. The maximum atomic E-state index is 11.4. The lowest BCUT2D eigenvalue weighted by molar-refractivity contribution is 0.0941. The van der Waals surface area contributed by atoms with E-state index < -0.39 is 0 Å². The van der Waals surface area contributed by atoms with E-state index in [1.807, 2.05) is 24.3 Å². The van der Waals surface area contributed by atoms with Crippen LogP contribution >= 0.6 is 0 Å². The van der Waals surface area contributed by atoms with Gasteiger partial charge in [0, 0.05) is 24.1 Å². The molecule has 2 aromatic rings. The highest BCUT2D eigenvalue weighted by atomic mass is 16.1. The van der Waals surface area contributed by atoms with Crippen LogP contribution in [0.25, 0.3) is 10.9 Å². The number of carbonyl (C=O) groups is 1. The molecule has 0 aliphatic carbocycles. The van der Waals surface area contributed by atoms with E-state index in [-0.39, 0.29) is 5.91 Å². The van der Waals surface area contributed by atoms with Gasteiger partial charge in [0.25, 0.3) is 0 Å². The van der Waals surface area contributed by atoms with Gasteiger partial charge in [0.05, 0.1) is 11.7 Å². The Bertz CT molecular complexity index is 540. The van der Waals surface area contributed by atoms with Crippen molar-refractivity contribution >= 4 is 23.0 Å². The zero-order valence-electron chi connectivity index (χ0n) is 8.34. The largest absolute Gasteiger partial charge is 0.323 e. The lowest BCUT2D eigenvalue weighted by Gasteiger charge is -1.96. The number of para-hydroxylation sites is 1. The molecule has 0 amide bonds. The fraction of sp³-hybridized carbons (Fsp3) is 0.0909. The zero-order chi connectivity index (χ0) is 10.8. The van der Waals surface area contributed by atoms with E-state index in [0.717, 1.165) is 16.5 Å². The Morgan fingerprint density at radius 1 is 1.47 bits per heavy atom. The third kappa shape index (κ3) is 1.50. The van der Waals surface area contributed by atoms with Gasteiger partial charge in [0.2, 0.25) is 5.91 Å². The fourth-order valence-electron chi connectivity index (χ4n) is 1.65. The van der Waals surface area contributed by atoms with Crippen LogP contribution in [0.1, 0.15) is 17.3 Å². The monoisotopic (exact) mass is 201 g/mol. The van der Waals surface area contributed by atoms with Crippen molar-refractivity contribution in [1.82, 2.24) is 4.57 Å². The van der Waals surface area contributed by atoms with Crippen LogP contribution in [-0.4, -0.2) is 16.7 Å². The highest BCUT2D eigenvalue weighted by molar-refractivity contribution is 6.03. The molecule has 0 atom stereocenters. The van der Waals surface area contributed by atoms with Crippen molar-refractivity contribution in [2.24, 2.45) is 10.9 Å². The molecule has 0 aliphatic rings. The van der Waals surface area contributed by atoms with Crippen molar-refractivity contribution in [3.05, 3.63) is 36.0 Å². The van der Waals surface area contributed by atoms with Gasteiger partial charge in [-0.15, -0.1) is 0 Å². The minimum Gasteiger partial charge on any atom is -0.323 e. The second kappa shape index (κ2) is 3.57. The van der Waals surface area contributed by atoms with Crippen LogP contribution in [0, 0.1) is 0 Å². The third-order valence-corrected chi connectivity index (χ3v) is 2.30. The van der Waals surface area contributed by atoms with Crippen molar-refractivity contribution in [3.63, 3.8) is 0 Å². The molecule has 0 fully saturated rings. The molecule has 1 aromatic heterocycles. The Morgan fingerprint density at radius 3 is 2.87 bits per heavy atom. The fourth-order valence-corrected chi connectivity index (χ4v) is 1.65. The number of nitrogens with zero attached hydrogens (tertiary/aromatic N) is 2. The van der Waals surface area contributed by atoms with Gasteiger partial charge >= 0.3 is 0 Å². The van der Waals surface area contributed by atoms with Gasteiger partial charge in [0.1, 0.15) is 0 Å². The standard InChI is InChI=1S/C11H11N3O/c1-8(15)14-7-9(6-13-12)10-4-2-3-5-11(10)14/h2-7H,12H2,1H3. The second-order valence-electron chi connectivity index (χ2n) is 3.27. The first kappa shape index (κ1) is 9.45. The summed E-state index contributed by atoms with van der Waals surface area (Å²) in [5.41, 5.74) is 1.73. The van der Waals surface area contributed by atoms with E-state index in [1.54, 1.807) is 17.0 Å². The van der Waals surface area contributed by atoms with Crippen LogP contribution < -0.4 is 5.84 Å². The number of benzene rings is 1. The Morgan fingerprint density at radius 2 is 2.20 bits per heavy atom. The molecule has 2 rings (SSSR count). The zero-order valence-corrected chi connectivity index (χ0v) is 8.34. The van der Waals surface area contributed by atoms with Crippen molar-refractivity contribution in [2.45, 2.75) is 6.92 Å². The maximum Gasteiger partial charge on any atom is 0.227 e. The smallest absolute Gasteiger partial charge is 0.227 e. The molecule has 0 unspecified atom stereocenters. The molecule has 0 saturated heterocycles. The number of aromatic nitrogens is 1. The van der Waals surface area contributed by atoms with Crippen LogP contribution in [0.4, 0.5) is 0 Å². The number of hydrogen-bond donors (Lipinski definition) is 1. The topological polar surface area (TPSA) is 60.4 Å². The SMILES string of the molecule is CC(=O)n1cc(C=NN)c2ccccc21. The predicted octanol–water partition coefficient (Wildman–Crippen LogP) is 1.59. The number of carbonyl (C=O) groups excluding carboxylic acids is 1. The summed E-state index contributed by atoms with van der Waals surface area (Å²) < 4.78 is 1.59. The number of rotatable bonds is 1.